The van der Waals surface area contributed by atoms with Crippen molar-refractivity contribution >= 4 is 23.1 Å². The number of ether oxygens (including phenoxy) is 1. The smallest absolute Gasteiger partial charge is 0.311 e. The van der Waals surface area contributed by atoms with E-state index in [0.717, 1.165) is 16.8 Å². The summed E-state index contributed by atoms with van der Waals surface area (Å²) < 4.78 is 6.31. The molecule has 0 aliphatic heterocycles. The number of hydrogen-bond acceptors (Lipinski definition) is 6. The summed E-state index contributed by atoms with van der Waals surface area (Å²) in [6, 6.07) is 9.05. The lowest BCUT2D eigenvalue weighted by atomic mass is 10.1. The molecule has 0 bridgehead atoms. The Morgan fingerprint density at radius 3 is 2.80 bits per heavy atom. The molecule has 1 aromatic carbocycles. The Kier molecular flexibility index (Phi) is 4.47. The number of fused-ring (bicyclic) bond motifs is 1. The molecule has 7 heteroatoms. The minimum Gasteiger partial charge on any atom is -0.504 e. The molecule has 0 aliphatic carbocycles. The number of methoxy groups -OCH3 is 1. The topological polar surface area (TPSA) is 88.5 Å². The Morgan fingerprint density at radius 1 is 1.28 bits per heavy atom. The number of nitrogens with zero attached hydrogens (tertiary/aromatic N) is 4. The zero-order valence-electron chi connectivity index (χ0n) is 14.2. The van der Waals surface area contributed by atoms with E-state index in [2.05, 4.69) is 15.2 Å². The molecule has 3 aromatic rings. The van der Waals surface area contributed by atoms with Crippen LogP contribution in [-0.4, -0.2) is 27.6 Å². The van der Waals surface area contributed by atoms with E-state index in [1.807, 2.05) is 32.0 Å². The van der Waals surface area contributed by atoms with E-state index in [4.69, 9.17) is 4.74 Å². The monoisotopic (exact) mass is 338 g/mol. The molecular formula is C18H18N4O3. The van der Waals surface area contributed by atoms with Crippen molar-refractivity contribution in [3.8, 4) is 5.75 Å². The number of aromatic hydroxyl groups is 1. The average molecular weight is 338 g/mol. The highest BCUT2D eigenvalue weighted by molar-refractivity contribution is 5.75. The lowest BCUT2D eigenvalue weighted by Crippen LogP contribution is -2.04. The Bertz CT molecular complexity index is 976. The minimum atomic E-state index is -0.439. The van der Waals surface area contributed by atoms with Gasteiger partial charge in [-0.3, -0.25) is 9.20 Å². The second-order valence-corrected chi connectivity index (χ2v) is 5.71. The van der Waals surface area contributed by atoms with Gasteiger partial charge < -0.3 is 9.84 Å². The largest absolute Gasteiger partial charge is 0.504 e. The highest BCUT2D eigenvalue weighted by Crippen LogP contribution is 2.29. The molecule has 0 spiro atoms. The molecular weight excluding hydrogens is 320 g/mol. The van der Waals surface area contributed by atoms with Crippen molar-refractivity contribution in [2.24, 2.45) is 10.2 Å². The molecule has 0 amide bonds. The Morgan fingerprint density at radius 2 is 2.08 bits per heavy atom. The van der Waals surface area contributed by atoms with Gasteiger partial charge in [0, 0.05) is 6.20 Å². The fraction of sp³-hybridized carbons (Fsp3) is 0.222. The van der Waals surface area contributed by atoms with Crippen molar-refractivity contribution in [1.29, 1.82) is 0 Å². The molecule has 0 atom stereocenters. The van der Waals surface area contributed by atoms with Crippen molar-refractivity contribution < 1.29 is 14.6 Å². The summed E-state index contributed by atoms with van der Waals surface area (Å²) in [5, 5.41) is 18.6. The van der Waals surface area contributed by atoms with Gasteiger partial charge in [-0.25, -0.2) is 4.98 Å². The lowest BCUT2D eigenvalue weighted by Gasteiger charge is -2.01. The number of aryl methyl sites for hydroxylation is 2. The van der Waals surface area contributed by atoms with Crippen LogP contribution in [-0.2, 0) is 16.0 Å². The van der Waals surface area contributed by atoms with Gasteiger partial charge in [-0.15, -0.1) is 10.2 Å². The second-order valence-electron chi connectivity index (χ2n) is 5.71. The summed E-state index contributed by atoms with van der Waals surface area (Å²) in [6.07, 6.45) is 1.65. The Balaban J connectivity index is 2.09. The number of rotatable bonds is 4. The van der Waals surface area contributed by atoms with Gasteiger partial charge in [0.1, 0.15) is 0 Å². The maximum atomic E-state index is 11.7. The number of benzene rings is 1. The number of carbonyl (C=O) groups is 1. The molecule has 1 N–H and O–H groups in total. The SMILES string of the molecule is COC(=O)Cc1nc2c(O)cccn2c1N=Nc1ccc(C)cc1C. The average Bonchev–Trinajstić information content (AvgIpc) is 2.93. The normalized spacial score (nSPS) is 11.3. The zero-order chi connectivity index (χ0) is 18.0. The summed E-state index contributed by atoms with van der Waals surface area (Å²) in [5.41, 5.74) is 3.57. The van der Waals surface area contributed by atoms with Gasteiger partial charge in [0.2, 0.25) is 0 Å². The van der Waals surface area contributed by atoms with Crippen molar-refractivity contribution in [2.75, 3.05) is 7.11 Å². The number of imidazole rings is 1. The molecule has 2 heterocycles. The highest BCUT2D eigenvalue weighted by Gasteiger charge is 2.17. The zero-order valence-corrected chi connectivity index (χ0v) is 14.2. The highest BCUT2D eigenvalue weighted by atomic mass is 16.5. The predicted octanol–water partition coefficient (Wildman–Crippen LogP) is 3.79. The van der Waals surface area contributed by atoms with Crippen LogP contribution < -0.4 is 0 Å². The van der Waals surface area contributed by atoms with Gasteiger partial charge in [-0.2, -0.15) is 0 Å². The van der Waals surface area contributed by atoms with Crippen LogP contribution >= 0.6 is 0 Å². The number of pyridine rings is 1. The lowest BCUT2D eigenvalue weighted by molar-refractivity contribution is -0.139. The van der Waals surface area contributed by atoms with Crippen LogP contribution in [0.1, 0.15) is 16.8 Å². The number of aromatic nitrogens is 2. The molecule has 3 rings (SSSR count). The van der Waals surface area contributed by atoms with Crippen molar-refractivity contribution in [2.45, 2.75) is 20.3 Å². The molecule has 0 saturated carbocycles. The van der Waals surface area contributed by atoms with Gasteiger partial charge in [-0.1, -0.05) is 17.7 Å². The van der Waals surface area contributed by atoms with Crippen LogP contribution in [0.5, 0.6) is 5.75 Å². The molecule has 25 heavy (non-hydrogen) atoms. The quantitative estimate of drug-likeness (QED) is 0.579. The van der Waals surface area contributed by atoms with Gasteiger partial charge in [0.25, 0.3) is 0 Å². The minimum absolute atomic E-state index is 0.00147. The van der Waals surface area contributed by atoms with Crippen molar-refractivity contribution in [3.63, 3.8) is 0 Å². The number of esters is 1. The summed E-state index contributed by atoms with van der Waals surface area (Å²) in [6.45, 7) is 3.96. The summed E-state index contributed by atoms with van der Waals surface area (Å²) in [5.74, 6) is -0.0521. The van der Waals surface area contributed by atoms with E-state index in [9.17, 15) is 9.90 Å². The van der Waals surface area contributed by atoms with E-state index in [1.54, 1.807) is 16.7 Å². The number of azo groups is 1. The Labute approximate surface area is 144 Å². The third kappa shape index (κ3) is 3.35. The van der Waals surface area contributed by atoms with E-state index < -0.39 is 5.97 Å². The maximum Gasteiger partial charge on any atom is 0.311 e. The van der Waals surface area contributed by atoms with Crippen LogP contribution in [0.25, 0.3) is 5.65 Å². The van der Waals surface area contributed by atoms with Crippen LogP contribution in [0.15, 0.2) is 46.8 Å². The van der Waals surface area contributed by atoms with E-state index in [1.165, 1.54) is 13.2 Å². The van der Waals surface area contributed by atoms with Gasteiger partial charge in [0.05, 0.1) is 24.9 Å². The molecule has 0 unspecified atom stereocenters. The molecule has 0 fully saturated rings. The molecule has 0 saturated heterocycles. The fourth-order valence-electron chi connectivity index (χ4n) is 2.54. The fourth-order valence-corrected chi connectivity index (χ4v) is 2.54. The molecule has 2 aromatic heterocycles. The number of hydrogen-bond donors (Lipinski definition) is 1. The standard InChI is InChI=1S/C18H18N4O3/c1-11-6-7-13(12(2)9-11)20-21-17-14(10-16(24)25-3)19-18-15(23)5-4-8-22(17)18/h4-9,23H,10H2,1-3H3. The van der Waals surface area contributed by atoms with E-state index in [-0.39, 0.29) is 12.2 Å². The van der Waals surface area contributed by atoms with Gasteiger partial charge in [0.15, 0.2) is 17.2 Å². The summed E-state index contributed by atoms with van der Waals surface area (Å²) >= 11 is 0. The van der Waals surface area contributed by atoms with Gasteiger partial charge in [-0.05, 0) is 37.6 Å². The van der Waals surface area contributed by atoms with Gasteiger partial charge >= 0.3 is 5.97 Å². The van der Waals surface area contributed by atoms with Crippen molar-refractivity contribution in [1.82, 2.24) is 9.38 Å². The first-order valence-electron chi connectivity index (χ1n) is 7.74. The third-order valence-electron chi connectivity index (χ3n) is 3.82. The first-order chi connectivity index (χ1) is 12.0. The third-order valence-corrected chi connectivity index (χ3v) is 3.82. The molecule has 7 nitrogen and oxygen atoms in total. The summed E-state index contributed by atoms with van der Waals surface area (Å²) in [7, 11) is 1.31. The maximum absolute atomic E-state index is 11.7. The Hall–Kier alpha value is -3.22. The van der Waals surface area contributed by atoms with Crippen LogP contribution in [0.2, 0.25) is 0 Å². The van der Waals surface area contributed by atoms with Crippen molar-refractivity contribution in [3.05, 3.63) is 53.3 Å². The number of carbonyl (C=O) groups excluding carboxylic acids is 1. The first-order valence-corrected chi connectivity index (χ1v) is 7.74. The first kappa shape index (κ1) is 16.6. The molecule has 128 valence electrons. The molecule has 0 radical (unpaired) electrons. The van der Waals surface area contributed by atoms with E-state index >= 15 is 0 Å². The van der Waals surface area contributed by atoms with Crippen LogP contribution in [0.4, 0.5) is 11.5 Å². The van der Waals surface area contributed by atoms with Crippen LogP contribution in [0.3, 0.4) is 0 Å². The second kappa shape index (κ2) is 6.72. The predicted molar refractivity (Wildman–Crippen MR) is 92.7 cm³/mol. The molecule has 0 aliphatic rings. The van der Waals surface area contributed by atoms with E-state index in [0.29, 0.717) is 17.2 Å². The van der Waals surface area contributed by atoms with Crippen LogP contribution in [0, 0.1) is 13.8 Å². The summed E-state index contributed by atoms with van der Waals surface area (Å²) in [4.78, 5) is 16.0.